The SMILES string of the molecule is CCCCC[C@H]1CC[C@H](c2ccc(-c3cc(F)c(F)nc3F)cc2)CC1. The molecule has 4 heteroatoms. The lowest BCUT2D eigenvalue weighted by atomic mass is 9.77. The molecule has 1 saturated carbocycles. The monoisotopic (exact) mass is 361 g/mol. The van der Waals surface area contributed by atoms with Crippen LogP contribution in [-0.2, 0) is 0 Å². The summed E-state index contributed by atoms with van der Waals surface area (Å²) >= 11 is 0. The van der Waals surface area contributed by atoms with Crippen LogP contribution in [0.15, 0.2) is 30.3 Å². The summed E-state index contributed by atoms with van der Waals surface area (Å²) in [6.07, 6.45) is 10.2. The van der Waals surface area contributed by atoms with Crippen LogP contribution in [0.25, 0.3) is 11.1 Å². The summed E-state index contributed by atoms with van der Waals surface area (Å²) < 4.78 is 40.2. The fourth-order valence-corrected chi connectivity index (χ4v) is 4.05. The first-order valence-electron chi connectivity index (χ1n) is 9.70. The van der Waals surface area contributed by atoms with E-state index in [-0.39, 0.29) is 5.56 Å². The van der Waals surface area contributed by atoms with Gasteiger partial charge in [0, 0.05) is 5.56 Å². The van der Waals surface area contributed by atoms with Crippen LogP contribution in [0.5, 0.6) is 0 Å². The van der Waals surface area contributed by atoms with Crippen LogP contribution in [-0.4, -0.2) is 4.98 Å². The molecular weight excluding hydrogens is 335 g/mol. The number of halogens is 3. The predicted molar refractivity (Wildman–Crippen MR) is 98.4 cm³/mol. The molecule has 1 aromatic heterocycles. The van der Waals surface area contributed by atoms with E-state index in [1.165, 1.54) is 56.9 Å². The number of benzene rings is 1. The van der Waals surface area contributed by atoms with Gasteiger partial charge in [0.1, 0.15) is 0 Å². The van der Waals surface area contributed by atoms with E-state index in [9.17, 15) is 13.2 Å². The molecule has 1 fully saturated rings. The lowest BCUT2D eigenvalue weighted by Crippen LogP contribution is -2.13. The fourth-order valence-electron chi connectivity index (χ4n) is 4.05. The average molecular weight is 361 g/mol. The summed E-state index contributed by atoms with van der Waals surface area (Å²) in [6.45, 7) is 2.24. The predicted octanol–water partition coefficient (Wildman–Crippen LogP) is 7.02. The van der Waals surface area contributed by atoms with Crippen molar-refractivity contribution in [2.45, 2.75) is 64.2 Å². The van der Waals surface area contributed by atoms with E-state index >= 15 is 0 Å². The van der Waals surface area contributed by atoms with Crippen LogP contribution in [0.1, 0.15) is 69.8 Å². The molecule has 1 heterocycles. The standard InChI is InChI=1S/C22H26F3N/c1-2-3-4-5-15-6-8-16(9-7-15)17-10-12-18(13-11-17)19-14-20(23)22(25)26-21(19)24/h10-16H,2-9H2,1H3/t15-,16-. The Morgan fingerprint density at radius 1 is 0.923 bits per heavy atom. The van der Waals surface area contributed by atoms with Gasteiger partial charge >= 0.3 is 0 Å². The van der Waals surface area contributed by atoms with Gasteiger partial charge in [-0.15, -0.1) is 0 Å². The van der Waals surface area contributed by atoms with Crippen LogP contribution < -0.4 is 0 Å². The second-order valence-corrected chi connectivity index (χ2v) is 7.43. The van der Waals surface area contributed by atoms with Crippen molar-refractivity contribution in [1.29, 1.82) is 0 Å². The summed E-state index contributed by atoms with van der Waals surface area (Å²) in [5.74, 6) is -2.12. The molecule has 0 radical (unpaired) electrons. The zero-order chi connectivity index (χ0) is 18.5. The van der Waals surface area contributed by atoms with Crippen molar-refractivity contribution in [1.82, 2.24) is 4.98 Å². The molecule has 1 aliphatic rings. The maximum Gasteiger partial charge on any atom is 0.251 e. The number of pyridine rings is 1. The highest BCUT2D eigenvalue weighted by Gasteiger charge is 2.22. The average Bonchev–Trinajstić information content (AvgIpc) is 2.66. The highest BCUT2D eigenvalue weighted by molar-refractivity contribution is 5.63. The van der Waals surface area contributed by atoms with Crippen molar-refractivity contribution in [3.8, 4) is 11.1 Å². The topological polar surface area (TPSA) is 12.9 Å². The Morgan fingerprint density at radius 2 is 1.62 bits per heavy atom. The van der Waals surface area contributed by atoms with Crippen LogP contribution in [0.2, 0.25) is 0 Å². The van der Waals surface area contributed by atoms with Gasteiger partial charge in [-0.3, -0.25) is 0 Å². The summed E-state index contributed by atoms with van der Waals surface area (Å²) in [6, 6.07) is 8.39. The van der Waals surface area contributed by atoms with Crippen molar-refractivity contribution >= 4 is 0 Å². The minimum Gasteiger partial charge on any atom is -0.202 e. The summed E-state index contributed by atoms with van der Waals surface area (Å²) in [4.78, 5) is 2.99. The van der Waals surface area contributed by atoms with Gasteiger partial charge in [0.05, 0.1) is 0 Å². The van der Waals surface area contributed by atoms with Crippen molar-refractivity contribution in [2.75, 3.05) is 0 Å². The Labute approximate surface area is 153 Å². The molecule has 3 rings (SSSR count). The van der Waals surface area contributed by atoms with Crippen LogP contribution in [0.4, 0.5) is 13.2 Å². The van der Waals surface area contributed by atoms with E-state index in [0.717, 1.165) is 12.0 Å². The van der Waals surface area contributed by atoms with Crippen LogP contribution in [0, 0.1) is 23.6 Å². The lowest BCUT2D eigenvalue weighted by molar-refractivity contribution is 0.303. The van der Waals surface area contributed by atoms with E-state index in [2.05, 4.69) is 11.9 Å². The van der Waals surface area contributed by atoms with Crippen molar-refractivity contribution in [3.05, 3.63) is 53.6 Å². The van der Waals surface area contributed by atoms with Crippen LogP contribution in [0.3, 0.4) is 0 Å². The zero-order valence-electron chi connectivity index (χ0n) is 15.3. The number of hydrogen-bond donors (Lipinski definition) is 0. The Kier molecular flexibility index (Phi) is 6.33. The van der Waals surface area contributed by atoms with E-state index in [4.69, 9.17) is 0 Å². The van der Waals surface area contributed by atoms with Crippen molar-refractivity contribution in [2.24, 2.45) is 5.92 Å². The number of aromatic nitrogens is 1. The highest BCUT2D eigenvalue weighted by atomic mass is 19.2. The first-order chi connectivity index (χ1) is 12.6. The summed E-state index contributed by atoms with van der Waals surface area (Å²) in [5, 5.41) is 0. The molecule has 0 saturated heterocycles. The van der Waals surface area contributed by atoms with Gasteiger partial charge in [-0.1, -0.05) is 56.9 Å². The number of hydrogen-bond acceptors (Lipinski definition) is 1. The van der Waals surface area contributed by atoms with Gasteiger partial charge < -0.3 is 0 Å². The normalized spacial score (nSPS) is 20.3. The third-order valence-electron chi connectivity index (χ3n) is 5.64. The van der Waals surface area contributed by atoms with Gasteiger partial charge in [-0.25, -0.2) is 4.39 Å². The van der Waals surface area contributed by atoms with Crippen LogP contribution >= 0.6 is 0 Å². The summed E-state index contributed by atoms with van der Waals surface area (Å²) in [7, 11) is 0. The molecule has 140 valence electrons. The Morgan fingerprint density at radius 3 is 2.27 bits per heavy atom. The van der Waals surface area contributed by atoms with E-state index < -0.39 is 17.7 Å². The molecule has 0 aliphatic heterocycles. The summed E-state index contributed by atoms with van der Waals surface area (Å²) in [5.41, 5.74) is 1.76. The zero-order valence-corrected chi connectivity index (χ0v) is 15.3. The molecule has 26 heavy (non-hydrogen) atoms. The number of unbranched alkanes of at least 4 members (excludes halogenated alkanes) is 2. The largest absolute Gasteiger partial charge is 0.251 e. The molecule has 0 unspecified atom stereocenters. The molecule has 0 amide bonds. The smallest absolute Gasteiger partial charge is 0.202 e. The highest BCUT2D eigenvalue weighted by Crippen LogP contribution is 2.38. The third-order valence-corrected chi connectivity index (χ3v) is 5.64. The molecule has 1 aliphatic carbocycles. The Bertz CT molecular complexity index is 719. The molecule has 2 aromatic rings. The first kappa shape index (κ1) is 18.9. The molecule has 0 spiro atoms. The minimum atomic E-state index is -1.40. The minimum absolute atomic E-state index is 0.00455. The molecule has 1 nitrogen and oxygen atoms in total. The lowest BCUT2D eigenvalue weighted by Gasteiger charge is -2.29. The van der Waals surface area contributed by atoms with E-state index in [1.807, 2.05) is 12.1 Å². The molecule has 0 bridgehead atoms. The number of nitrogens with zero attached hydrogens (tertiary/aromatic N) is 1. The second kappa shape index (κ2) is 8.70. The van der Waals surface area contributed by atoms with Gasteiger partial charge in [0.15, 0.2) is 5.82 Å². The molecule has 0 N–H and O–H groups in total. The molecule has 0 atom stereocenters. The maximum atomic E-state index is 13.8. The van der Waals surface area contributed by atoms with E-state index in [0.29, 0.717) is 11.5 Å². The first-order valence-corrected chi connectivity index (χ1v) is 9.70. The second-order valence-electron chi connectivity index (χ2n) is 7.43. The number of rotatable bonds is 6. The third kappa shape index (κ3) is 4.46. The van der Waals surface area contributed by atoms with Crippen molar-refractivity contribution < 1.29 is 13.2 Å². The van der Waals surface area contributed by atoms with E-state index in [1.54, 1.807) is 12.1 Å². The fraction of sp³-hybridized carbons (Fsp3) is 0.500. The van der Waals surface area contributed by atoms with Gasteiger partial charge in [-0.05, 0) is 54.7 Å². The Hall–Kier alpha value is -1.84. The van der Waals surface area contributed by atoms with Gasteiger partial charge in [0.2, 0.25) is 5.95 Å². The van der Waals surface area contributed by atoms with Crippen molar-refractivity contribution in [3.63, 3.8) is 0 Å². The Balaban J connectivity index is 1.63. The maximum absolute atomic E-state index is 13.8. The van der Waals surface area contributed by atoms with Gasteiger partial charge in [-0.2, -0.15) is 13.8 Å². The molecular formula is C22H26F3N. The molecule has 1 aromatic carbocycles. The van der Waals surface area contributed by atoms with Gasteiger partial charge in [0.25, 0.3) is 5.95 Å². The quantitative estimate of drug-likeness (QED) is 0.398.